The maximum absolute atomic E-state index is 9.97. The van der Waals surface area contributed by atoms with Crippen LogP contribution in [0.3, 0.4) is 0 Å². The van der Waals surface area contributed by atoms with Crippen LogP contribution in [0.2, 0.25) is 0 Å². The number of nitrogens with zero attached hydrogens (tertiary/aromatic N) is 2. The molecular formula is C30H22CuN2O4. The van der Waals surface area contributed by atoms with Gasteiger partial charge in [0.15, 0.2) is 0 Å². The molecule has 187 valence electrons. The van der Waals surface area contributed by atoms with Crippen molar-refractivity contribution in [2.75, 3.05) is 0 Å². The number of carbonyl (C=O) groups excluding carboxylic acids is 2. The quantitative estimate of drug-likeness (QED) is 0.197. The van der Waals surface area contributed by atoms with Crippen LogP contribution >= 0.6 is 0 Å². The van der Waals surface area contributed by atoms with Gasteiger partial charge in [-0.15, -0.1) is 0 Å². The first-order valence-corrected chi connectivity index (χ1v) is 11.0. The number of aliphatic carboxylic acids is 2. The Hall–Kier alpha value is -4.58. The summed E-state index contributed by atoms with van der Waals surface area (Å²) in [6.45, 7) is 0. The molecule has 0 saturated carbocycles. The fourth-order valence-electron chi connectivity index (χ4n) is 3.14. The Morgan fingerprint density at radius 3 is 1.27 bits per heavy atom. The van der Waals surface area contributed by atoms with Gasteiger partial charge in [0, 0.05) is 23.2 Å². The van der Waals surface area contributed by atoms with E-state index in [9.17, 15) is 19.8 Å². The number of fused-ring (bicyclic) bond motifs is 3. The number of carbonyl (C=O) groups is 2. The van der Waals surface area contributed by atoms with E-state index in [1.807, 2.05) is 72.8 Å². The van der Waals surface area contributed by atoms with Gasteiger partial charge in [0.25, 0.3) is 0 Å². The Morgan fingerprint density at radius 2 is 0.919 bits per heavy atom. The van der Waals surface area contributed by atoms with Crippen LogP contribution in [0.25, 0.3) is 34.0 Å². The first-order valence-electron chi connectivity index (χ1n) is 11.0. The molecule has 0 fully saturated rings. The van der Waals surface area contributed by atoms with E-state index in [0.29, 0.717) is 0 Å². The van der Waals surface area contributed by atoms with Crippen LogP contribution in [-0.4, -0.2) is 21.9 Å². The summed E-state index contributed by atoms with van der Waals surface area (Å²) < 4.78 is 0. The second-order valence-electron chi connectivity index (χ2n) is 7.34. The predicted octanol–water partition coefficient (Wildman–Crippen LogP) is 3.68. The van der Waals surface area contributed by atoms with Crippen LogP contribution < -0.4 is 10.2 Å². The first kappa shape index (κ1) is 28.7. The number of hydrogen-bond donors (Lipinski definition) is 0. The van der Waals surface area contributed by atoms with Gasteiger partial charge in [-0.3, -0.25) is 9.97 Å². The van der Waals surface area contributed by atoms with Gasteiger partial charge in [-0.1, -0.05) is 97.1 Å². The second-order valence-corrected chi connectivity index (χ2v) is 7.34. The fraction of sp³-hybridized carbons (Fsp3) is 0. The van der Waals surface area contributed by atoms with Crippen LogP contribution in [0.1, 0.15) is 11.1 Å². The molecule has 2 aromatic heterocycles. The van der Waals surface area contributed by atoms with Gasteiger partial charge in [0.2, 0.25) is 0 Å². The third-order valence-corrected chi connectivity index (χ3v) is 4.77. The summed E-state index contributed by atoms with van der Waals surface area (Å²) in [5, 5.41) is 22.2. The maximum Gasteiger partial charge on any atom is 2.00 e. The molecule has 0 unspecified atom stereocenters. The monoisotopic (exact) mass is 537 g/mol. The SMILES string of the molecule is O=C([O-])/C=C/c1ccccc1.O=C([O-])/C=C/c1ccccc1.[Cu+2].c1cnc2c(c1)ccc1cccnc12. The molecule has 3 aromatic carbocycles. The van der Waals surface area contributed by atoms with Crippen molar-refractivity contribution in [1.82, 2.24) is 9.97 Å². The number of pyridine rings is 2. The topological polar surface area (TPSA) is 106 Å². The van der Waals surface area contributed by atoms with Gasteiger partial charge in [-0.2, -0.15) is 0 Å². The van der Waals surface area contributed by atoms with E-state index in [1.54, 1.807) is 12.4 Å². The molecular weight excluding hydrogens is 516 g/mol. The minimum absolute atomic E-state index is 0. The van der Waals surface area contributed by atoms with Crippen LogP contribution in [0.4, 0.5) is 0 Å². The van der Waals surface area contributed by atoms with Crippen LogP contribution in [0, 0.1) is 0 Å². The third-order valence-electron chi connectivity index (χ3n) is 4.77. The molecule has 5 aromatic rings. The summed E-state index contributed by atoms with van der Waals surface area (Å²) in [6, 6.07) is 30.5. The molecule has 0 spiro atoms. The fourth-order valence-corrected chi connectivity index (χ4v) is 3.14. The minimum Gasteiger partial charge on any atom is -0.545 e. The number of benzene rings is 3. The number of hydrogen-bond acceptors (Lipinski definition) is 6. The van der Waals surface area contributed by atoms with E-state index < -0.39 is 11.9 Å². The average molecular weight is 538 g/mol. The summed E-state index contributed by atoms with van der Waals surface area (Å²) in [5.74, 6) is -2.34. The summed E-state index contributed by atoms with van der Waals surface area (Å²) in [6.07, 6.45) is 8.61. The van der Waals surface area contributed by atoms with Crippen molar-refractivity contribution >= 4 is 45.9 Å². The molecule has 0 bridgehead atoms. The van der Waals surface area contributed by atoms with Gasteiger partial charge in [-0.25, -0.2) is 0 Å². The van der Waals surface area contributed by atoms with Crippen molar-refractivity contribution < 1.29 is 36.9 Å². The third kappa shape index (κ3) is 9.90. The molecule has 5 rings (SSSR count). The molecule has 0 aliphatic heterocycles. The Morgan fingerprint density at radius 1 is 0.541 bits per heavy atom. The van der Waals surface area contributed by atoms with E-state index in [-0.39, 0.29) is 17.1 Å². The van der Waals surface area contributed by atoms with Crippen molar-refractivity contribution in [3.8, 4) is 0 Å². The van der Waals surface area contributed by atoms with E-state index in [1.165, 1.54) is 12.2 Å². The Bertz CT molecular complexity index is 1370. The number of carboxylic acids is 2. The van der Waals surface area contributed by atoms with Crippen molar-refractivity contribution in [2.24, 2.45) is 0 Å². The minimum atomic E-state index is -1.17. The molecule has 6 nitrogen and oxygen atoms in total. The molecule has 0 atom stereocenters. The summed E-state index contributed by atoms with van der Waals surface area (Å²) in [5.41, 5.74) is 3.67. The van der Waals surface area contributed by atoms with E-state index in [0.717, 1.165) is 45.1 Å². The first-order chi connectivity index (χ1) is 17.5. The average Bonchev–Trinajstić information content (AvgIpc) is 2.92. The normalized spacial score (nSPS) is 10.2. The van der Waals surface area contributed by atoms with Gasteiger partial charge in [-0.05, 0) is 35.4 Å². The van der Waals surface area contributed by atoms with Crippen molar-refractivity contribution in [2.45, 2.75) is 0 Å². The predicted molar refractivity (Wildman–Crippen MR) is 138 cm³/mol. The molecule has 0 aliphatic rings. The van der Waals surface area contributed by atoms with Gasteiger partial charge in [0.1, 0.15) is 0 Å². The standard InChI is InChI=1S/C12H8N2.2C9H8O2.Cu/c1-3-9-5-6-10-4-2-8-14-12(10)11(9)13-7-1;2*10-9(11)7-6-8-4-2-1-3-5-8;/h1-8H;2*1-7H,(H,10,11);/q;;;+2/p-2/b;2*7-6+;. The van der Waals surface area contributed by atoms with Gasteiger partial charge >= 0.3 is 17.1 Å². The smallest absolute Gasteiger partial charge is 0.545 e. The number of carboxylic acid groups (broad SMARTS) is 2. The Kier molecular flexibility index (Phi) is 11.9. The Labute approximate surface area is 225 Å². The molecule has 37 heavy (non-hydrogen) atoms. The van der Waals surface area contributed by atoms with Crippen LogP contribution in [-0.2, 0) is 26.7 Å². The molecule has 0 amide bonds. The zero-order valence-electron chi connectivity index (χ0n) is 19.5. The largest absolute Gasteiger partial charge is 2.00 e. The van der Waals surface area contributed by atoms with E-state index >= 15 is 0 Å². The molecule has 1 radical (unpaired) electrons. The number of aromatic nitrogens is 2. The number of rotatable bonds is 4. The molecule has 0 N–H and O–H groups in total. The molecule has 2 heterocycles. The van der Waals surface area contributed by atoms with Crippen molar-refractivity contribution in [1.29, 1.82) is 0 Å². The second kappa shape index (κ2) is 15.4. The van der Waals surface area contributed by atoms with Gasteiger partial charge < -0.3 is 19.8 Å². The zero-order chi connectivity index (χ0) is 25.6. The molecule has 0 saturated heterocycles. The molecule has 0 aliphatic carbocycles. The summed E-state index contributed by atoms with van der Waals surface area (Å²) in [7, 11) is 0. The van der Waals surface area contributed by atoms with Crippen molar-refractivity contribution in [3.05, 3.63) is 133 Å². The zero-order valence-corrected chi connectivity index (χ0v) is 20.5. The molecule has 7 heteroatoms. The summed E-state index contributed by atoms with van der Waals surface area (Å²) >= 11 is 0. The Balaban J connectivity index is 0.000000195. The van der Waals surface area contributed by atoms with Crippen LogP contribution in [0.5, 0.6) is 0 Å². The van der Waals surface area contributed by atoms with Crippen LogP contribution in [0.15, 0.2) is 122 Å². The van der Waals surface area contributed by atoms with E-state index in [4.69, 9.17) is 0 Å². The van der Waals surface area contributed by atoms with Crippen molar-refractivity contribution in [3.63, 3.8) is 0 Å². The summed E-state index contributed by atoms with van der Waals surface area (Å²) in [4.78, 5) is 28.6. The maximum atomic E-state index is 9.97. The van der Waals surface area contributed by atoms with E-state index in [2.05, 4.69) is 34.2 Å². The van der Waals surface area contributed by atoms with Gasteiger partial charge in [0.05, 0.1) is 23.0 Å².